The Morgan fingerprint density at radius 1 is 1.27 bits per heavy atom. The lowest BCUT2D eigenvalue weighted by Gasteiger charge is -2.34. The summed E-state index contributed by atoms with van der Waals surface area (Å²) in [6.07, 6.45) is -0.324. The van der Waals surface area contributed by atoms with Gasteiger partial charge >= 0.3 is 0 Å². The maximum Gasteiger partial charge on any atom is 0.234 e. The van der Waals surface area contributed by atoms with Gasteiger partial charge in [0.05, 0.1) is 12.6 Å². The van der Waals surface area contributed by atoms with Crippen LogP contribution in [-0.4, -0.2) is 66.2 Å². The van der Waals surface area contributed by atoms with Crippen LogP contribution in [0.5, 0.6) is 0 Å². The summed E-state index contributed by atoms with van der Waals surface area (Å²) >= 11 is 0. The van der Waals surface area contributed by atoms with Gasteiger partial charge in [-0.15, -0.1) is 0 Å². The van der Waals surface area contributed by atoms with E-state index in [1.165, 1.54) is 6.07 Å². The average Bonchev–Trinajstić information content (AvgIpc) is 2.48. The van der Waals surface area contributed by atoms with Crippen molar-refractivity contribution in [2.24, 2.45) is 0 Å². The third-order valence-corrected chi connectivity index (χ3v) is 3.79. The predicted octanol–water partition coefficient (Wildman–Crippen LogP) is 0.440. The number of rotatable bonds is 6. The number of nitrogens with one attached hydrogen (secondary N) is 1. The summed E-state index contributed by atoms with van der Waals surface area (Å²) in [5.41, 5.74) is 0.498. The van der Waals surface area contributed by atoms with Crippen molar-refractivity contribution in [2.75, 3.05) is 39.3 Å². The quantitative estimate of drug-likeness (QED) is 0.801. The molecule has 0 spiro atoms. The molecule has 1 aromatic carbocycles. The van der Waals surface area contributed by atoms with Gasteiger partial charge in [-0.05, 0) is 13.0 Å². The highest BCUT2D eigenvalue weighted by Gasteiger charge is 2.19. The van der Waals surface area contributed by atoms with Gasteiger partial charge in [0.25, 0.3) is 0 Å². The van der Waals surface area contributed by atoms with Gasteiger partial charge in [-0.3, -0.25) is 14.6 Å². The number of hydrogen-bond acceptors (Lipinski definition) is 4. The van der Waals surface area contributed by atoms with Crippen molar-refractivity contribution in [3.63, 3.8) is 0 Å². The molecular weight excluding hydrogens is 285 g/mol. The number of benzene rings is 1. The number of aliphatic hydroxyl groups is 1. The third kappa shape index (κ3) is 5.36. The topological polar surface area (TPSA) is 55.8 Å². The molecule has 0 unspecified atom stereocenters. The molecule has 2 N–H and O–H groups in total. The average molecular weight is 309 g/mol. The first kappa shape index (κ1) is 16.9. The van der Waals surface area contributed by atoms with E-state index in [1.807, 2.05) is 0 Å². The summed E-state index contributed by atoms with van der Waals surface area (Å²) in [5.74, 6) is -0.387. The molecule has 0 aromatic heterocycles. The van der Waals surface area contributed by atoms with E-state index < -0.39 is 0 Å². The number of amides is 1. The molecule has 22 heavy (non-hydrogen) atoms. The van der Waals surface area contributed by atoms with Crippen LogP contribution in [0.25, 0.3) is 0 Å². The minimum atomic E-state index is -0.324. The maximum atomic E-state index is 13.5. The Morgan fingerprint density at radius 2 is 1.91 bits per heavy atom. The van der Waals surface area contributed by atoms with Crippen LogP contribution in [0.2, 0.25) is 0 Å². The summed E-state index contributed by atoms with van der Waals surface area (Å²) < 4.78 is 13.5. The summed E-state index contributed by atoms with van der Waals surface area (Å²) in [6.45, 7) is 6.32. The zero-order valence-corrected chi connectivity index (χ0v) is 13.0. The molecule has 1 fully saturated rings. The second kappa shape index (κ2) is 8.22. The van der Waals surface area contributed by atoms with Crippen molar-refractivity contribution in [3.8, 4) is 0 Å². The largest absolute Gasteiger partial charge is 0.392 e. The van der Waals surface area contributed by atoms with E-state index in [1.54, 1.807) is 25.1 Å². The van der Waals surface area contributed by atoms with Crippen LogP contribution in [0.15, 0.2) is 24.3 Å². The molecule has 1 aliphatic heterocycles. The first-order chi connectivity index (χ1) is 10.5. The zero-order valence-electron chi connectivity index (χ0n) is 13.0. The minimum Gasteiger partial charge on any atom is -0.392 e. The van der Waals surface area contributed by atoms with Crippen LogP contribution in [0, 0.1) is 5.82 Å². The van der Waals surface area contributed by atoms with Gasteiger partial charge in [0.15, 0.2) is 0 Å². The van der Waals surface area contributed by atoms with Crippen LogP contribution in [0.4, 0.5) is 4.39 Å². The van der Waals surface area contributed by atoms with Crippen molar-refractivity contribution in [1.29, 1.82) is 0 Å². The Kier molecular flexibility index (Phi) is 6.30. The Hall–Kier alpha value is -1.50. The standard InChI is InChI=1S/C16H24FN3O2/c1-13(21)11-19-6-8-20(9-7-19)12-16(22)18-10-14-4-2-3-5-15(14)17/h2-5,13,21H,6-12H2,1H3,(H,18,22)/t13-/m0/s1. The van der Waals surface area contributed by atoms with E-state index in [0.29, 0.717) is 18.7 Å². The molecule has 5 nitrogen and oxygen atoms in total. The second-order valence-electron chi connectivity index (χ2n) is 5.79. The minimum absolute atomic E-state index is 0.0905. The molecule has 0 saturated carbocycles. The lowest BCUT2D eigenvalue weighted by atomic mass is 10.2. The molecule has 1 aliphatic rings. The summed E-state index contributed by atoms with van der Waals surface area (Å²) in [7, 11) is 0. The number of aliphatic hydroxyl groups excluding tert-OH is 1. The molecule has 6 heteroatoms. The molecular formula is C16H24FN3O2. The van der Waals surface area contributed by atoms with Gasteiger partial charge < -0.3 is 10.4 Å². The summed E-state index contributed by atoms with van der Waals surface area (Å²) in [5, 5.41) is 12.1. The van der Waals surface area contributed by atoms with Crippen molar-refractivity contribution >= 4 is 5.91 Å². The Morgan fingerprint density at radius 3 is 2.55 bits per heavy atom. The normalized spacial score (nSPS) is 18.1. The lowest BCUT2D eigenvalue weighted by Crippen LogP contribution is -2.50. The van der Waals surface area contributed by atoms with Crippen molar-refractivity contribution in [3.05, 3.63) is 35.6 Å². The number of hydrogen-bond donors (Lipinski definition) is 2. The number of nitrogens with zero attached hydrogens (tertiary/aromatic N) is 2. The molecule has 1 saturated heterocycles. The third-order valence-electron chi connectivity index (χ3n) is 3.79. The molecule has 0 bridgehead atoms. The first-order valence-corrected chi connectivity index (χ1v) is 7.67. The molecule has 122 valence electrons. The summed E-state index contributed by atoms with van der Waals surface area (Å²) in [6, 6.07) is 6.45. The van der Waals surface area contributed by atoms with Gasteiger partial charge in [-0.25, -0.2) is 4.39 Å². The lowest BCUT2D eigenvalue weighted by molar-refractivity contribution is -0.122. The SMILES string of the molecule is C[C@H](O)CN1CCN(CC(=O)NCc2ccccc2F)CC1. The van der Waals surface area contributed by atoms with Crippen LogP contribution >= 0.6 is 0 Å². The van der Waals surface area contributed by atoms with E-state index in [4.69, 9.17) is 0 Å². The van der Waals surface area contributed by atoms with Crippen LogP contribution in [-0.2, 0) is 11.3 Å². The number of halogens is 1. The molecule has 0 radical (unpaired) electrons. The van der Waals surface area contributed by atoms with Gasteiger partial charge in [0.1, 0.15) is 5.82 Å². The fourth-order valence-corrected chi connectivity index (χ4v) is 2.60. The predicted molar refractivity (Wildman–Crippen MR) is 82.8 cm³/mol. The molecule has 1 heterocycles. The molecule has 1 aromatic rings. The highest BCUT2D eigenvalue weighted by atomic mass is 19.1. The van der Waals surface area contributed by atoms with E-state index in [0.717, 1.165) is 26.2 Å². The van der Waals surface area contributed by atoms with Crippen molar-refractivity contribution in [1.82, 2.24) is 15.1 Å². The van der Waals surface area contributed by atoms with Crippen molar-refractivity contribution in [2.45, 2.75) is 19.6 Å². The monoisotopic (exact) mass is 309 g/mol. The zero-order chi connectivity index (χ0) is 15.9. The molecule has 1 amide bonds. The number of β-amino-alcohol motifs (C(OH)–C–C–N with tert-alkyl or cyclic N) is 1. The second-order valence-corrected chi connectivity index (χ2v) is 5.79. The number of carbonyl (C=O) groups excluding carboxylic acids is 1. The molecule has 0 aliphatic carbocycles. The Labute approximate surface area is 130 Å². The highest BCUT2D eigenvalue weighted by Crippen LogP contribution is 2.06. The maximum absolute atomic E-state index is 13.5. The fourth-order valence-electron chi connectivity index (χ4n) is 2.60. The number of piperazine rings is 1. The first-order valence-electron chi connectivity index (χ1n) is 7.67. The highest BCUT2D eigenvalue weighted by molar-refractivity contribution is 5.78. The van der Waals surface area contributed by atoms with Gasteiger partial charge in [0, 0.05) is 44.8 Å². The fraction of sp³-hybridized carbons (Fsp3) is 0.562. The van der Waals surface area contributed by atoms with Gasteiger partial charge in [-0.1, -0.05) is 18.2 Å². The Balaban J connectivity index is 1.69. The van der Waals surface area contributed by atoms with E-state index in [2.05, 4.69) is 15.1 Å². The summed E-state index contributed by atoms with van der Waals surface area (Å²) in [4.78, 5) is 16.2. The van der Waals surface area contributed by atoms with E-state index >= 15 is 0 Å². The number of carbonyl (C=O) groups is 1. The van der Waals surface area contributed by atoms with E-state index in [-0.39, 0.29) is 24.4 Å². The van der Waals surface area contributed by atoms with Crippen LogP contribution in [0.1, 0.15) is 12.5 Å². The van der Waals surface area contributed by atoms with Crippen molar-refractivity contribution < 1.29 is 14.3 Å². The van der Waals surface area contributed by atoms with Crippen LogP contribution < -0.4 is 5.32 Å². The molecule has 1 atom stereocenters. The van der Waals surface area contributed by atoms with E-state index in [9.17, 15) is 14.3 Å². The van der Waals surface area contributed by atoms with Crippen LogP contribution in [0.3, 0.4) is 0 Å². The molecule has 2 rings (SSSR count). The van der Waals surface area contributed by atoms with Gasteiger partial charge in [0.2, 0.25) is 5.91 Å². The smallest absolute Gasteiger partial charge is 0.234 e. The van der Waals surface area contributed by atoms with Gasteiger partial charge in [-0.2, -0.15) is 0 Å². The Bertz CT molecular complexity index is 488.